The van der Waals surface area contributed by atoms with Crippen molar-refractivity contribution in [3.63, 3.8) is 0 Å². The van der Waals surface area contributed by atoms with Crippen molar-refractivity contribution < 1.29 is 8.42 Å². The molecule has 0 saturated heterocycles. The molecule has 0 fully saturated rings. The number of nitrogens with zero attached hydrogens (tertiary/aromatic N) is 2. The summed E-state index contributed by atoms with van der Waals surface area (Å²) in [5.74, 6) is 0.588. The van der Waals surface area contributed by atoms with Gasteiger partial charge in [0.2, 0.25) is 0 Å². The maximum absolute atomic E-state index is 13.7. The molecule has 37 heavy (non-hydrogen) atoms. The van der Waals surface area contributed by atoms with Crippen LogP contribution in [-0.4, -0.2) is 30.2 Å². The van der Waals surface area contributed by atoms with Gasteiger partial charge in [-0.1, -0.05) is 83.8 Å². The molecule has 7 aromatic rings. The first-order valence-corrected chi connectivity index (χ1v) is 13.4. The molecule has 1 N–H and O–H groups in total. The maximum Gasteiger partial charge on any atom is 0.268 e. The molecule has 0 aliphatic heterocycles. The molecule has 176 valence electrons. The number of hydrogen-bond donors (Lipinski definition) is 1. The molecule has 0 atom stereocenters. The highest BCUT2D eigenvalue weighted by Crippen LogP contribution is 2.37. The Hall–Kier alpha value is -4.36. The summed E-state index contributed by atoms with van der Waals surface area (Å²) >= 11 is 0. The Morgan fingerprint density at radius 1 is 0.784 bits per heavy atom. The van der Waals surface area contributed by atoms with E-state index < -0.39 is 10.0 Å². The van der Waals surface area contributed by atoms with Gasteiger partial charge >= 0.3 is 0 Å². The number of imidazole rings is 1. The van der Waals surface area contributed by atoms with E-state index in [1.807, 2.05) is 31.2 Å². The van der Waals surface area contributed by atoms with E-state index >= 15 is 0 Å². The fourth-order valence-electron chi connectivity index (χ4n) is 5.18. The molecular weight excluding hydrogens is 477 g/mol. The van der Waals surface area contributed by atoms with Gasteiger partial charge in [0, 0.05) is 27.9 Å². The first-order chi connectivity index (χ1) is 17.9. The minimum atomic E-state index is -3.85. The summed E-state index contributed by atoms with van der Waals surface area (Å²) in [7, 11) is 2.30. The van der Waals surface area contributed by atoms with Gasteiger partial charge in [-0.25, -0.2) is 17.4 Å². The van der Waals surface area contributed by atoms with Gasteiger partial charge in [-0.05, 0) is 35.9 Å². The zero-order chi connectivity index (χ0) is 25.3. The summed E-state index contributed by atoms with van der Waals surface area (Å²) in [6.07, 6.45) is 1.64. The molecule has 0 amide bonds. The van der Waals surface area contributed by atoms with Crippen LogP contribution >= 0.6 is 0 Å². The molecule has 0 aliphatic rings. The van der Waals surface area contributed by atoms with Crippen molar-refractivity contribution in [3.05, 3.63) is 103 Å². The van der Waals surface area contributed by atoms with Crippen LogP contribution < -0.4 is 5.46 Å². The zero-order valence-corrected chi connectivity index (χ0v) is 20.8. The molecule has 5 aromatic carbocycles. The highest BCUT2D eigenvalue weighted by molar-refractivity contribution is 7.90. The summed E-state index contributed by atoms with van der Waals surface area (Å²) < 4.78 is 28.7. The van der Waals surface area contributed by atoms with Crippen molar-refractivity contribution >= 4 is 66.8 Å². The molecule has 0 saturated carbocycles. The van der Waals surface area contributed by atoms with Gasteiger partial charge in [0.05, 0.1) is 21.4 Å². The van der Waals surface area contributed by atoms with E-state index in [2.05, 4.69) is 29.2 Å². The average Bonchev–Trinajstić information content (AvgIpc) is 3.52. The van der Waals surface area contributed by atoms with Crippen LogP contribution in [0.4, 0.5) is 0 Å². The fourth-order valence-corrected chi connectivity index (χ4v) is 6.55. The highest BCUT2D eigenvalue weighted by Gasteiger charge is 2.24. The summed E-state index contributed by atoms with van der Waals surface area (Å²) in [5.41, 5.74) is 4.51. The van der Waals surface area contributed by atoms with Crippen LogP contribution in [0.2, 0.25) is 0 Å². The van der Waals surface area contributed by atoms with E-state index in [4.69, 9.17) is 12.8 Å². The second-order valence-corrected chi connectivity index (χ2v) is 11.1. The van der Waals surface area contributed by atoms with Crippen molar-refractivity contribution in [1.29, 1.82) is 0 Å². The van der Waals surface area contributed by atoms with Crippen LogP contribution in [0, 0.1) is 6.92 Å². The molecule has 0 unspecified atom stereocenters. The van der Waals surface area contributed by atoms with Crippen LogP contribution in [0.25, 0.3) is 54.9 Å². The Balaban J connectivity index is 1.54. The Labute approximate surface area is 214 Å². The lowest BCUT2D eigenvalue weighted by atomic mass is 9.94. The molecular formula is C30H20BN3O2S. The minimum absolute atomic E-state index is 0.222. The van der Waals surface area contributed by atoms with E-state index in [0.29, 0.717) is 27.8 Å². The van der Waals surface area contributed by atoms with Gasteiger partial charge in [-0.3, -0.25) is 0 Å². The van der Waals surface area contributed by atoms with E-state index in [1.54, 1.807) is 48.7 Å². The van der Waals surface area contributed by atoms with Crippen molar-refractivity contribution in [1.82, 2.24) is 13.9 Å². The Morgan fingerprint density at radius 2 is 1.43 bits per heavy atom. The minimum Gasteiger partial charge on any atom is -0.337 e. The number of nitrogens with one attached hydrogen (secondary N) is 1. The monoisotopic (exact) mass is 497 g/mol. The number of fused-ring (bicyclic) bond motifs is 7. The van der Waals surface area contributed by atoms with Gasteiger partial charge in [-0.2, -0.15) is 0 Å². The van der Waals surface area contributed by atoms with Gasteiger partial charge in [0.1, 0.15) is 13.7 Å². The van der Waals surface area contributed by atoms with Crippen molar-refractivity contribution in [3.8, 4) is 11.4 Å². The molecule has 2 radical (unpaired) electrons. The molecule has 7 rings (SSSR count). The topological polar surface area (TPSA) is 67.8 Å². The van der Waals surface area contributed by atoms with Crippen LogP contribution in [0.1, 0.15) is 5.56 Å². The lowest BCUT2D eigenvalue weighted by Gasteiger charge is -2.08. The first kappa shape index (κ1) is 21.9. The zero-order valence-electron chi connectivity index (χ0n) is 19.9. The van der Waals surface area contributed by atoms with Crippen molar-refractivity contribution in [2.24, 2.45) is 0 Å². The Bertz CT molecular complexity index is 2050. The van der Waals surface area contributed by atoms with Crippen molar-refractivity contribution in [2.75, 3.05) is 0 Å². The van der Waals surface area contributed by atoms with Crippen LogP contribution in [-0.2, 0) is 10.0 Å². The lowest BCUT2D eigenvalue weighted by Crippen LogP contribution is -2.12. The predicted octanol–water partition coefficient (Wildman–Crippen LogP) is 5.83. The number of aryl methyl sites for hydroxylation is 1. The summed E-state index contributed by atoms with van der Waals surface area (Å²) in [5, 5.41) is 5.06. The number of benzene rings is 5. The summed E-state index contributed by atoms with van der Waals surface area (Å²) in [4.78, 5) is 8.75. The summed E-state index contributed by atoms with van der Waals surface area (Å²) in [6.45, 7) is 1.93. The van der Waals surface area contributed by atoms with E-state index in [9.17, 15) is 8.42 Å². The quantitative estimate of drug-likeness (QED) is 0.247. The molecule has 7 heteroatoms. The third-order valence-electron chi connectivity index (χ3n) is 7.00. The van der Waals surface area contributed by atoms with Crippen molar-refractivity contribution in [2.45, 2.75) is 11.8 Å². The third kappa shape index (κ3) is 3.24. The van der Waals surface area contributed by atoms with Crippen LogP contribution in [0.3, 0.4) is 0 Å². The first-order valence-electron chi connectivity index (χ1n) is 11.9. The van der Waals surface area contributed by atoms with Crippen LogP contribution in [0.15, 0.2) is 102 Å². The van der Waals surface area contributed by atoms with Crippen LogP contribution in [0.5, 0.6) is 0 Å². The third-order valence-corrected chi connectivity index (χ3v) is 8.69. The smallest absolute Gasteiger partial charge is 0.268 e. The molecule has 0 bridgehead atoms. The average molecular weight is 497 g/mol. The van der Waals surface area contributed by atoms with Gasteiger partial charge in [-0.15, -0.1) is 0 Å². The number of rotatable bonds is 3. The normalized spacial score (nSPS) is 12.2. The SMILES string of the molecule is [B]c1ccc2c(c1)c(-c1nc3c4ccccc4c4ccccc4c3[nH]1)cn2S(=O)(=O)c1ccc(C)cc1. The molecule has 0 aliphatic carbocycles. The molecule has 5 nitrogen and oxygen atoms in total. The van der Waals surface area contributed by atoms with E-state index in [1.165, 1.54) is 3.97 Å². The van der Waals surface area contributed by atoms with Gasteiger partial charge in [0.15, 0.2) is 0 Å². The number of aromatic nitrogens is 3. The second-order valence-electron chi connectivity index (χ2n) is 9.33. The number of H-pyrrole nitrogens is 1. The fraction of sp³-hybridized carbons (Fsp3) is 0.0333. The highest BCUT2D eigenvalue weighted by atomic mass is 32.2. The lowest BCUT2D eigenvalue weighted by molar-refractivity contribution is 0.589. The predicted molar refractivity (Wildman–Crippen MR) is 151 cm³/mol. The molecule has 0 spiro atoms. The summed E-state index contributed by atoms with van der Waals surface area (Å²) in [6, 6.07) is 28.6. The Morgan fingerprint density at radius 3 is 2.16 bits per heavy atom. The largest absolute Gasteiger partial charge is 0.337 e. The molecule has 2 aromatic heterocycles. The van der Waals surface area contributed by atoms with Gasteiger partial charge < -0.3 is 4.98 Å². The van der Waals surface area contributed by atoms with E-state index in [-0.39, 0.29) is 4.90 Å². The maximum atomic E-state index is 13.7. The van der Waals surface area contributed by atoms with Gasteiger partial charge in [0.25, 0.3) is 10.0 Å². The second kappa shape index (κ2) is 7.82. The van der Waals surface area contributed by atoms with E-state index in [0.717, 1.165) is 38.1 Å². The Kier molecular flexibility index (Phi) is 4.63. The number of aromatic amines is 1. The molecule has 2 heterocycles. The number of hydrogen-bond acceptors (Lipinski definition) is 3. The standard InChI is InChI=1S/C30H20BN3O2S/c1-18-10-13-20(14-11-18)37(35,36)34-17-26(25-16-19(31)12-15-27(25)34)30-32-28-23-8-4-2-6-21(23)22-7-3-5-9-24(22)29(28)33-30/h2-17H,1H3,(H,32,33).